The van der Waals surface area contributed by atoms with E-state index >= 15 is 0 Å². The number of methoxy groups -OCH3 is 3. The number of carbonyl (C=O) groups excluding carboxylic acids is 1. The van der Waals surface area contributed by atoms with Gasteiger partial charge < -0.3 is 19.5 Å². The van der Waals surface area contributed by atoms with Crippen molar-refractivity contribution in [1.82, 2.24) is 5.32 Å². The summed E-state index contributed by atoms with van der Waals surface area (Å²) < 4.78 is 16.0. The van der Waals surface area contributed by atoms with E-state index in [0.717, 1.165) is 5.56 Å². The van der Waals surface area contributed by atoms with Crippen LogP contribution >= 0.6 is 0 Å². The largest absolute Gasteiger partial charge is 0.493 e. The number of nitriles is 1. The minimum atomic E-state index is -0.454. The molecule has 0 radical (unpaired) electrons. The van der Waals surface area contributed by atoms with Crippen LogP contribution in [-0.2, 0) is 11.2 Å². The quantitative estimate of drug-likeness (QED) is 0.751. The maximum absolute atomic E-state index is 12.1. The van der Waals surface area contributed by atoms with Crippen LogP contribution in [0.15, 0.2) is 12.1 Å². The van der Waals surface area contributed by atoms with Gasteiger partial charge in [-0.15, -0.1) is 0 Å². The van der Waals surface area contributed by atoms with Gasteiger partial charge in [0.05, 0.1) is 27.4 Å². The molecule has 0 spiro atoms. The highest BCUT2D eigenvalue weighted by Gasteiger charge is 2.18. The zero-order chi connectivity index (χ0) is 18.1. The van der Waals surface area contributed by atoms with Crippen molar-refractivity contribution < 1.29 is 19.0 Å². The second-order valence-electron chi connectivity index (χ2n) is 5.87. The van der Waals surface area contributed by atoms with E-state index in [1.54, 1.807) is 27.4 Å². The molecule has 0 bridgehead atoms. The van der Waals surface area contributed by atoms with Crippen molar-refractivity contribution in [2.75, 3.05) is 21.3 Å². The van der Waals surface area contributed by atoms with Crippen LogP contribution in [-0.4, -0.2) is 33.3 Å². The number of carbonyl (C=O) groups is 1. The van der Waals surface area contributed by atoms with Crippen molar-refractivity contribution in [1.29, 1.82) is 5.26 Å². The summed E-state index contributed by atoms with van der Waals surface area (Å²) >= 11 is 0. The minimum absolute atomic E-state index is 0.154. The molecule has 1 aromatic carbocycles. The summed E-state index contributed by atoms with van der Waals surface area (Å²) in [7, 11) is 4.65. The molecular formula is C18H26N2O4. The van der Waals surface area contributed by atoms with Gasteiger partial charge in [-0.25, -0.2) is 0 Å². The minimum Gasteiger partial charge on any atom is -0.493 e. The molecule has 1 rings (SSSR count). The monoisotopic (exact) mass is 334 g/mol. The molecule has 0 fully saturated rings. The molecule has 0 heterocycles. The summed E-state index contributed by atoms with van der Waals surface area (Å²) in [4.78, 5) is 12.1. The molecular weight excluding hydrogens is 308 g/mol. The number of hydrogen-bond donors (Lipinski definition) is 1. The van der Waals surface area contributed by atoms with E-state index in [4.69, 9.17) is 19.5 Å². The number of nitrogens with one attached hydrogen (secondary N) is 1. The summed E-state index contributed by atoms with van der Waals surface area (Å²) in [6.07, 6.45) is 1.39. The molecule has 0 aromatic heterocycles. The summed E-state index contributed by atoms with van der Waals surface area (Å²) in [5, 5.41) is 11.9. The highest BCUT2D eigenvalue weighted by molar-refractivity contribution is 5.77. The van der Waals surface area contributed by atoms with E-state index in [0.29, 0.717) is 36.0 Å². The van der Waals surface area contributed by atoms with E-state index < -0.39 is 6.04 Å². The number of nitrogens with zero attached hydrogens (tertiary/aromatic N) is 1. The zero-order valence-corrected chi connectivity index (χ0v) is 15.0. The predicted octanol–water partition coefficient (Wildman–Crippen LogP) is 2.70. The predicted molar refractivity (Wildman–Crippen MR) is 91.4 cm³/mol. The first-order valence-electron chi connectivity index (χ1n) is 7.93. The maximum atomic E-state index is 12.1. The second-order valence-corrected chi connectivity index (χ2v) is 5.87. The van der Waals surface area contributed by atoms with Crippen molar-refractivity contribution in [2.24, 2.45) is 5.92 Å². The van der Waals surface area contributed by atoms with Crippen molar-refractivity contribution in [3.05, 3.63) is 17.7 Å². The highest BCUT2D eigenvalue weighted by Crippen LogP contribution is 2.40. The number of hydrogen-bond acceptors (Lipinski definition) is 5. The molecule has 0 aliphatic heterocycles. The Kier molecular flexibility index (Phi) is 7.90. The molecule has 0 saturated heterocycles. The van der Waals surface area contributed by atoms with E-state index in [2.05, 4.69) is 11.4 Å². The average Bonchev–Trinajstić information content (AvgIpc) is 2.57. The fraction of sp³-hybridized carbons (Fsp3) is 0.556. The smallest absolute Gasteiger partial charge is 0.221 e. The molecule has 0 aliphatic carbocycles. The van der Waals surface area contributed by atoms with E-state index in [1.807, 2.05) is 19.9 Å². The number of benzene rings is 1. The lowest BCUT2D eigenvalue weighted by Gasteiger charge is -2.16. The fourth-order valence-electron chi connectivity index (χ4n) is 2.49. The number of rotatable bonds is 9. The molecule has 1 N–H and O–H groups in total. The Morgan fingerprint density at radius 1 is 1.17 bits per heavy atom. The van der Waals surface area contributed by atoms with Gasteiger partial charge in [0.1, 0.15) is 6.04 Å². The van der Waals surface area contributed by atoms with Crippen molar-refractivity contribution in [3.63, 3.8) is 0 Å². The molecule has 1 unspecified atom stereocenters. The molecule has 132 valence electrons. The topological polar surface area (TPSA) is 80.6 Å². The van der Waals surface area contributed by atoms with Crippen LogP contribution in [0, 0.1) is 17.2 Å². The summed E-state index contributed by atoms with van der Waals surface area (Å²) in [5.41, 5.74) is 0.850. The van der Waals surface area contributed by atoms with Crippen molar-refractivity contribution in [2.45, 2.75) is 39.2 Å². The van der Waals surface area contributed by atoms with Gasteiger partial charge in [-0.1, -0.05) is 19.9 Å². The van der Waals surface area contributed by atoms with Gasteiger partial charge in [-0.05, 0) is 30.4 Å². The van der Waals surface area contributed by atoms with Crippen LogP contribution < -0.4 is 19.5 Å². The molecule has 24 heavy (non-hydrogen) atoms. The molecule has 0 saturated carbocycles. The van der Waals surface area contributed by atoms with E-state index in [9.17, 15) is 4.79 Å². The normalized spacial score (nSPS) is 11.5. The van der Waals surface area contributed by atoms with Crippen LogP contribution in [0.1, 0.15) is 32.3 Å². The van der Waals surface area contributed by atoms with Gasteiger partial charge in [0.2, 0.25) is 11.7 Å². The van der Waals surface area contributed by atoms with Crippen LogP contribution in [0.25, 0.3) is 0 Å². The first-order chi connectivity index (χ1) is 11.5. The summed E-state index contributed by atoms with van der Waals surface area (Å²) in [5.74, 6) is 1.83. The van der Waals surface area contributed by atoms with Crippen LogP contribution in [0.5, 0.6) is 17.2 Å². The van der Waals surface area contributed by atoms with Gasteiger partial charge >= 0.3 is 0 Å². The van der Waals surface area contributed by atoms with Gasteiger partial charge in [0.25, 0.3) is 0 Å². The first kappa shape index (κ1) is 19.6. The Bertz CT molecular complexity index is 593. The second kappa shape index (κ2) is 9.66. The Balaban J connectivity index is 2.77. The van der Waals surface area contributed by atoms with Crippen molar-refractivity contribution in [3.8, 4) is 23.3 Å². The molecule has 6 heteroatoms. The fourth-order valence-corrected chi connectivity index (χ4v) is 2.49. The van der Waals surface area contributed by atoms with E-state index in [1.165, 1.54) is 0 Å². The molecule has 6 nitrogen and oxygen atoms in total. The summed E-state index contributed by atoms with van der Waals surface area (Å²) in [6.45, 7) is 4.04. The van der Waals surface area contributed by atoms with E-state index in [-0.39, 0.29) is 12.3 Å². The SMILES string of the molecule is COc1ccc(CCC(=O)NC(C#N)CC(C)C)c(OC)c1OC. The Hall–Kier alpha value is -2.42. The Morgan fingerprint density at radius 2 is 1.83 bits per heavy atom. The van der Waals surface area contributed by atoms with Gasteiger partial charge in [0.15, 0.2) is 11.5 Å². The lowest BCUT2D eigenvalue weighted by atomic mass is 10.0. The third kappa shape index (κ3) is 5.34. The number of aryl methyl sites for hydroxylation is 1. The lowest BCUT2D eigenvalue weighted by Crippen LogP contribution is -2.34. The third-order valence-corrected chi connectivity index (χ3v) is 3.61. The third-order valence-electron chi connectivity index (χ3n) is 3.61. The molecule has 1 amide bonds. The lowest BCUT2D eigenvalue weighted by molar-refractivity contribution is -0.121. The van der Waals surface area contributed by atoms with Gasteiger partial charge in [-0.2, -0.15) is 5.26 Å². The highest BCUT2D eigenvalue weighted by atomic mass is 16.5. The summed E-state index contributed by atoms with van der Waals surface area (Å²) in [6, 6.07) is 5.31. The van der Waals surface area contributed by atoms with Gasteiger partial charge in [0, 0.05) is 6.42 Å². The standard InChI is InChI=1S/C18H26N2O4/c1-12(2)10-14(11-19)20-16(21)9-7-13-6-8-15(22-3)18(24-5)17(13)23-4/h6,8,12,14H,7,9-10H2,1-5H3,(H,20,21). The maximum Gasteiger partial charge on any atom is 0.221 e. The molecule has 0 aliphatic rings. The van der Waals surface area contributed by atoms with Crippen LogP contribution in [0.3, 0.4) is 0 Å². The number of ether oxygens (including phenoxy) is 3. The molecule has 1 aromatic rings. The Labute approximate surface area is 143 Å². The average molecular weight is 334 g/mol. The molecule has 1 atom stereocenters. The van der Waals surface area contributed by atoms with Crippen molar-refractivity contribution >= 4 is 5.91 Å². The Morgan fingerprint density at radius 3 is 2.33 bits per heavy atom. The zero-order valence-electron chi connectivity index (χ0n) is 15.0. The first-order valence-corrected chi connectivity index (χ1v) is 7.93. The van der Waals surface area contributed by atoms with Crippen LogP contribution in [0.4, 0.5) is 0 Å². The van der Waals surface area contributed by atoms with Gasteiger partial charge in [-0.3, -0.25) is 4.79 Å². The number of amides is 1. The van der Waals surface area contributed by atoms with Crippen LogP contribution in [0.2, 0.25) is 0 Å².